The first-order valence-corrected chi connectivity index (χ1v) is 9.38. The molecule has 1 aliphatic heterocycles. The molecule has 134 valence electrons. The van der Waals surface area contributed by atoms with Gasteiger partial charge in [0.2, 0.25) is 0 Å². The second kappa shape index (κ2) is 5.84. The molecule has 0 unspecified atom stereocenters. The maximum atomic E-state index is 12.8. The Morgan fingerprint density at radius 1 is 0.769 bits per heavy atom. The van der Waals surface area contributed by atoms with Gasteiger partial charge in [-0.3, -0.25) is 4.79 Å². The lowest BCUT2D eigenvalue weighted by molar-refractivity contribution is -0.118. The Bertz CT molecular complexity index is 837. The molecule has 2 heteroatoms. The molecule has 0 fully saturated rings. The molecule has 0 atom stereocenters. The lowest BCUT2D eigenvalue weighted by atomic mass is 9.74. The maximum Gasteiger partial charge on any atom is 0.163 e. The summed E-state index contributed by atoms with van der Waals surface area (Å²) in [4.78, 5) is 12.8. The van der Waals surface area contributed by atoms with E-state index in [9.17, 15) is 4.79 Å². The zero-order chi connectivity index (χ0) is 18.5. The smallest absolute Gasteiger partial charge is 0.163 e. The van der Waals surface area contributed by atoms with Crippen LogP contribution < -0.4 is 0 Å². The fraction of sp³-hybridized carbons (Fsp3) is 0.375. The molecule has 1 aliphatic carbocycles. The number of hydrogen-bond acceptors (Lipinski definition) is 2. The fourth-order valence-electron chi connectivity index (χ4n) is 4.23. The Morgan fingerprint density at radius 3 is 1.77 bits per heavy atom. The van der Waals surface area contributed by atoms with E-state index in [0.717, 1.165) is 28.9 Å². The molecule has 0 aromatic heterocycles. The molecule has 4 rings (SSSR count). The summed E-state index contributed by atoms with van der Waals surface area (Å²) in [6, 6.07) is 17.1. The van der Waals surface area contributed by atoms with Gasteiger partial charge in [-0.05, 0) is 19.3 Å². The average Bonchev–Trinajstić information content (AvgIpc) is 2.95. The minimum atomic E-state index is -0.595. The number of Topliss-reactive ketones (excluding diaryl/α,β-unsaturated/α-hetero) is 1. The van der Waals surface area contributed by atoms with E-state index in [4.69, 9.17) is 4.74 Å². The summed E-state index contributed by atoms with van der Waals surface area (Å²) in [5, 5.41) is 0. The molecule has 1 heterocycles. The Morgan fingerprint density at radius 2 is 1.27 bits per heavy atom. The second-order valence-corrected chi connectivity index (χ2v) is 8.68. The van der Waals surface area contributed by atoms with Gasteiger partial charge in [0.05, 0.1) is 0 Å². The summed E-state index contributed by atoms with van der Waals surface area (Å²) >= 11 is 0. The quantitative estimate of drug-likeness (QED) is 0.706. The lowest BCUT2D eigenvalue weighted by Crippen LogP contribution is -2.27. The van der Waals surface area contributed by atoms with Crippen LogP contribution in [-0.4, -0.2) is 5.78 Å². The molecule has 0 saturated heterocycles. The van der Waals surface area contributed by atoms with E-state index in [1.54, 1.807) is 0 Å². The van der Waals surface area contributed by atoms with Gasteiger partial charge in [0.1, 0.15) is 5.76 Å². The first-order valence-electron chi connectivity index (χ1n) is 9.38. The van der Waals surface area contributed by atoms with Crippen LogP contribution in [0.1, 0.15) is 55.4 Å². The molecule has 2 aromatic carbocycles. The van der Waals surface area contributed by atoms with Crippen LogP contribution in [-0.2, 0) is 15.1 Å². The van der Waals surface area contributed by atoms with Crippen molar-refractivity contribution in [2.75, 3.05) is 0 Å². The molecule has 0 bridgehead atoms. The van der Waals surface area contributed by atoms with Crippen molar-refractivity contribution in [2.24, 2.45) is 5.41 Å². The van der Waals surface area contributed by atoms with Gasteiger partial charge < -0.3 is 4.74 Å². The van der Waals surface area contributed by atoms with E-state index in [-0.39, 0.29) is 11.2 Å². The van der Waals surface area contributed by atoms with Crippen molar-refractivity contribution in [3.63, 3.8) is 0 Å². The maximum absolute atomic E-state index is 12.8. The van der Waals surface area contributed by atoms with Crippen molar-refractivity contribution in [2.45, 2.75) is 52.6 Å². The van der Waals surface area contributed by atoms with Crippen LogP contribution in [0.25, 0.3) is 0 Å². The van der Waals surface area contributed by atoms with Crippen molar-refractivity contribution in [3.05, 3.63) is 82.1 Å². The SMILES string of the molecule is Cc1ccc(C2(c3ccc(C)cc3)CC3=C(CC(C)(C)CC3=O)O2)cc1. The number of benzene rings is 2. The van der Waals surface area contributed by atoms with Gasteiger partial charge in [0.25, 0.3) is 0 Å². The largest absolute Gasteiger partial charge is 0.481 e. The van der Waals surface area contributed by atoms with Gasteiger partial charge in [-0.1, -0.05) is 73.5 Å². The number of rotatable bonds is 2. The molecule has 2 aliphatic rings. The summed E-state index contributed by atoms with van der Waals surface area (Å²) in [6.45, 7) is 8.48. The third-order valence-corrected chi connectivity index (χ3v) is 5.71. The Hall–Kier alpha value is -2.35. The van der Waals surface area contributed by atoms with Crippen LogP contribution in [0.5, 0.6) is 0 Å². The average molecular weight is 346 g/mol. The highest BCUT2D eigenvalue weighted by atomic mass is 16.5. The third-order valence-electron chi connectivity index (χ3n) is 5.71. The van der Waals surface area contributed by atoms with Crippen molar-refractivity contribution >= 4 is 5.78 Å². The highest BCUT2D eigenvalue weighted by Crippen LogP contribution is 2.52. The molecule has 2 nitrogen and oxygen atoms in total. The second-order valence-electron chi connectivity index (χ2n) is 8.68. The molecule has 0 amide bonds. The van der Waals surface area contributed by atoms with Crippen LogP contribution in [0, 0.1) is 19.3 Å². The topological polar surface area (TPSA) is 26.3 Å². The zero-order valence-electron chi connectivity index (χ0n) is 16.1. The Kier molecular flexibility index (Phi) is 3.83. The highest BCUT2D eigenvalue weighted by molar-refractivity contribution is 5.98. The fourth-order valence-corrected chi connectivity index (χ4v) is 4.23. The third kappa shape index (κ3) is 2.78. The molecular weight excluding hydrogens is 320 g/mol. The summed E-state index contributed by atoms with van der Waals surface area (Å²) in [6.07, 6.45) is 2.06. The number of ether oxygens (including phenoxy) is 1. The van der Waals surface area contributed by atoms with Crippen molar-refractivity contribution in [1.29, 1.82) is 0 Å². The molecule has 26 heavy (non-hydrogen) atoms. The van der Waals surface area contributed by atoms with Crippen LogP contribution in [0.3, 0.4) is 0 Å². The summed E-state index contributed by atoms with van der Waals surface area (Å²) in [5.41, 5.74) is 4.94. The van der Waals surface area contributed by atoms with Crippen LogP contribution in [0.15, 0.2) is 59.9 Å². The van der Waals surface area contributed by atoms with E-state index in [1.807, 2.05) is 0 Å². The lowest BCUT2D eigenvalue weighted by Gasteiger charge is -2.33. The van der Waals surface area contributed by atoms with Gasteiger partial charge in [-0.15, -0.1) is 0 Å². The first-order chi connectivity index (χ1) is 12.3. The number of carbonyl (C=O) groups excluding carboxylic acids is 1. The minimum absolute atomic E-state index is 0.0352. The molecule has 2 aromatic rings. The molecule has 0 saturated carbocycles. The predicted molar refractivity (Wildman–Crippen MR) is 104 cm³/mol. The number of aryl methyl sites for hydroxylation is 2. The molecular formula is C24H26O2. The zero-order valence-corrected chi connectivity index (χ0v) is 16.1. The minimum Gasteiger partial charge on any atom is -0.481 e. The summed E-state index contributed by atoms with van der Waals surface area (Å²) < 4.78 is 6.67. The number of carbonyl (C=O) groups is 1. The van der Waals surface area contributed by atoms with Crippen molar-refractivity contribution in [1.82, 2.24) is 0 Å². The molecule has 0 N–H and O–H groups in total. The van der Waals surface area contributed by atoms with Gasteiger partial charge in [-0.25, -0.2) is 0 Å². The van der Waals surface area contributed by atoms with Crippen LogP contribution in [0.4, 0.5) is 0 Å². The predicted octanol–water partition coefficient (Wildman–Crippen LogP) is 5.61. The van der Waals surface area contributed by atoms with Gasteiger partial charge in [-0.2, -0.15) is 0 Å². The van der Waals surface area contributed by atoms with Gasteiger partial charge >= 0.3 is 0 Å². The van der Waals surface area contributed by atoms with Crippen molar-refractivity contribution in [3.8, 4) is 0 Å². The summed E-state index contributed by atoms with van der Waals surface area (Å²) in [7, 11) is 0. The van der Waals surface area contributed by atoms with E-state index in [0.29, 0.717) is 12.8 Å². The Labute approximate surface area is 155 Å². The van der Waals surface area contributed by atoms with E-state index in [2.05, 4.69) is 76.2 Å². The van der Waals surface area contributed by atoms with E-state index >= 15 is 0 Å². The van der Waals surface area contributed by atoms with E-state index < -0.39 is 5.60 Å². The van der Waals surface area contributed by atoms with Gasteiger partial charge in [0.15, 0.2) is 11.4 Å². The first kappa shape index (κ1) is 17.1. The van der Waals surface area contributed by atoms with E-state index in [1.165, 1.54) is 11.1 Å². The Balaban J connectivity index is 1.83. The van der Waals surface area contributed by atoms with Gasteiger partial charge in [0, 0.05) is 36.0 Å². The number of ketones is 1. The van der Waals surface area contributed by atoms with Crippen LogP contribution >= 0.6 is 0 Å². The number of hydrogen-bond donors (Lipinski definition) is 0. The summed E-state index contributed by atoms with van der Waals surface area (Å²) in [5.74, 6) is 1.14. The molecule has 0 spiro atoms. The number of allylic oxidation sites excluding steroid dienone is 1. The monoisotopic (exact) mass is 346 g/mol. The highest BCUT2D eigenvalue weighted by Gasteiger charge is 2.49. The standard InChI is InChI=1S/C24H26O2/c1-16-5-9-18(10-6-16)24(19-11-7-17(2)8-12-19)13-20-21(25)14-23(3,4)15-22(20)26-24/h5-12H,13-15H2,1-4H3. The van der Waals surface area contributed by atoms with Crippen LogP contribution in [0.2, 0.25) is 0 Å². The molecule has 0 radical (unpaired) electrons. The van der Waals surface area contributed by atoms with Crippen molar-refractivity contribution < 1.29 is 9.53 Å². The normalized spacial score (nSPS) is 20.7.